The summed E-state index contributed by atoms with van der Waals surface area (Å²) in [6.45, 7) is 4.95. The van der Waals surface area contributed by atoms with Crippen LogP contribution in [-0.2, 0) is 13.6 Å². The molecule has 0 aliphatic rings. The van der Waals surface area contributed by atoms with Crippen LogP contribution in [0.4, 0.5) is 26.3 Å². The molecule has 0 aromatic carbocycles. The van der Waals surface area contributed by atoms with Crippen LogP contribution in [-0.4, -0.2) is 41.3 Å². The maximum Gasteiger partial charge on any atom is 0.412 e. The van der Waals surface area contributed by atoms with Crippen LogP contribution in [0.5, 0.6) is 0 Å². The Bertz CT molecular complexity index is 400. The molecule has 11 heteroatoms. The van der Waals surface area contributed by atoms with Crippen LogP contribution in [0, 0.1) is 0 Å². The van der Waals surface area contributed by atoms with Gasteiger partial charge in [0.1, 0.15) is 0 Å². The lowest BCUT2D eigenvalue weighted by Crippen LogP contribution is -2.51. The zero-order chi connectivity index (χ0) is 18.9. The Morgan fingerprint density at radius 2 is 1.00 bits per heavy atom. The first-order valence-electron chi connectivity index (χ1n) is 6.61. The summed E-state index contributed by atoms with van der Waals surface area (Å²) in [6, 6.07) is 0. The predicted octanol–water partition coefficient (Wildman–Crippen LogP) is 5.15. The highest BCUT2D eigenvalue weighted by Gasteiger charge is 2.50. The van der Waals surface area contributed by atoms with E-state index < -0.39 is 44.4 Å². The standard InChI is InChI=1S/C12H22F6NO3P/c1-9(2,3)19(10(4,5)6)23(20,21-7-11(13,14)15)22-8-12(16,17)18/h7-8H2,1-6H3. The van der Waals surface area contributed by atoms with E-state index in [1.54, 1.807) is 0 Å². The van der Waals surface area contributed by atoms with Crippen LogP contribution in [0.3, 0.4) is 0 Å². The van der Waals surface area contributed by atoms with Gasteiger partial charge in [0.05, 0.1) is 0 Å². The number of halogens is 6. The van der Waals surface area contributed by atoms with Gasteiger partial charge in [-0.1, -0.05) is 0 Å². The Hall–Kier alpha value is -0.310. The third-order valence-electron chi connectivity index (χ3n) is 2.30. The molecule has 0 aliphatic heterocycles. The van der Waals surface area contributed by atoms with Gasteiger partial charge in [0, 0.05) is 11.1 Å². The molecule has 0 saturated heterocycles. The molecule has 0 saturated carbocycles. The zero-order valence-corrected chi connectivity index (χ0v) is 14.7. The number of hydrogen-bond donors (Lipinski definition) is 0. The van der Waals surface area contributed by atoms with Gasteiger partial charge in [-0.2, -0.15) is 31.0 Å². The summed E-state index contributed by atoms with van der Waals surface area (Å²) in [5, 5.41) is 0. The molecule has 140 valence electrons. The average molecular weight is 373 g/mol. The monoisotopic (exact) mass is 373 g/mol. The van der Waals surface area contributed by atoms with Crippen molar-refractivity contribution in [3.8, 4) is 0 Å². The van der Waals surface area contributed by atoms with Crippen molar-refractivity contribution in [1.29, 1.82) is 0 Å². The second-order valence-electron chi connectivity index (χ2n) is 6.90. The van der Waals surface area contributed by atoms with E-state index in [0.29, 0.717) is 0 Å². The fourth-order valence-corrected chi connectivity index (χ4v) is 4.60. The summed E-state index contributed by atoms with van der Waals surface area (Å²) in [6.07, 6.45) is -9.72. The minimum absolute atomic E-state index is 0.907. The van der Waals surface area contributed by atoms with E-state index in [2.05, 4.69) is 9.05 Å². The maximum absolute atomic E-state index is 12.8. The van der Waals surface area contributed by atoms with E-state index in [1.807, 2.05) is 0 Å². The van der Waals surface area contributed by atoms with Crippen molar-refractivity contribution in [1.82, 2.24) is 4.67 Å². The van der Waals surface area contributed by atoms with Gasteiger partial charge in [0.25, 0.3) is 0 Å². The first-order chi connectivity index (χ1) is 9.78. The average Bonchev–Trinajstić information content (AvgIpc) is 2.18. The molecule has 4 nitrogen and oxygen atoms in total. The summed E-state index contributed by atoms with van der Waals surface area (Å²) in [5.41, 5.74) is -2.16. The van der Waals surface area contributed by atoms with Crippen LogP contribution in [0.1, 0.15) is 41.5 Å². The van der Waals surface area contributed by atoms with E-state index >= 15 is 0 Å². The van der Waals surface area contributed by atoms with Gasteiger partial charge in [-0.25, -0.2) is 4.57 Å². The molecule has 0 heterocycles. The second kappa shape index (κ2) is 6.90. The Kier molecular flexibility index (Phi) is 6.80. The number of nitrogens with zero attached hydrogens (tertiary/aromatic N) is 1. The van der Waals surface area contributed by atoms with Crippen LogP contribution in [0.15, 0.2) is 0 Å². The molecule has 0 atom stereocenters. The Morgan fingerprint density at radius 3 is 1.17 bits per heavy atom. The Morgan fingerprint density at radius 1 is 0.739 bits per heavy atom. The first-order valence-corrected chi connectivity index (χ1v) is 8.11. The minimum Gasteiger partial charge on any atom is -0.287 e. The van der Waals surface area contributed by atoms with E-state index in [-0.39, 0.29) is 0 Å². The summed E-state index contributed by atoms with van der Waals surface area (Å²) in [4.78, 5) is 0. The van der Waals surface area contributed by atoms with Crippen molar-refractivity contribution in [2.45, 2.75) is 65.0 Å². The van der Waals surface area contributed by atoms with Crippen molar-refractivity contribution in [2.75, 3.05) is 13.2 Å². The van der Waals surface area contributed by atoms with Crippen molar-refractivity contribution >= 4 is 7.75 Å². The molecule has 0 aromatic rings. The van der Waals surface area contributed by atoms with Gasteiger partial charge in [-0.3, -0.25) is 9.05 Å². The fourth-order valence-electron chi connectivity index (χ4n) is 2.20. The highest BCUT2D eigenvalue weighted by Crippen LogP contribution is 2.59. The fraction of sp³-hybridized carbons (Fsp3) is 1.00. The minimum atomic E-state index is -4.87. The van der Waals surface area contributed by atoms with Crippen LogP contribution >= 0.6 is 7.75 Å². The first kappa shape index (κ1) is 22.7. The van der Waals surface area contributed by atoms with E-state index in [1.165, 1.54) is 41.5 Å². The van der Waals surface area contributed by atoms with Gasteiger partial charge in [0.2, 0.25) is 0 Å². The number of hydrogen-bond acceptors (Lipinski definition) is 3. The maximum atomic E-state index is 12.8. The molecular formula is C12H22F6NO3P. The molecule has 0 rings (SSSR count). The molecule has 0 aliphatic carbocycles. The molecule has 0 spiro atoms. The summed E-state index contributed by atoms with van der Waals surface area (Å²) in [7, 11) is -4.87. The summed E-state index contributed by atoms with van der Waals surface area (Å²) < 4.78 is 96.6. The normalized spacial score (nSPS) is 15.3. The van der Waals surface area contributed by atoms with Crippen LogP contribution < -0.4 is 0 Å². The Labute approximate surface area is 131 Å². The third-order valence-corrected chi connectivity index (χ3v) is 4.90. The number of alkyl halides is 6. The summed E-state index contributed by atoms with van der Waals surface area (Å²) in [5.74, 6) is 0. The van der Waals surface area contributed by atoms with E-state index in [4.69, 9.17) is 0 Å². The van der Waals surface area contributed by atoms with Gasteiger partial charge < -0.3 is 0 Å². The van der Waals surface area contributed by atoms with E-state index in [9.17, 15) is 30.9 Å². The predicted molar refractivity (Wildman–Crippen MR) is 73.0 cm³/mol. The van der Waals surface area contributed by atoms with Gasteiger partial charge in [-0.15, -0.1) is 0 Å². The Balaban J connectivity index is 5.74. The molecule has 0 aromatic heterocycles. The summed E-state index contributed by atoms with van der Waals surface area (Å²) >= 11 is 0. The quantitative estimate of drug-likeness (QED) is 0.493. The smallest absolute Gasteiger partial charge is 0.287 e. The largest absolute Gasteiger partial charge is 0.412 e. The van der Waals surface area contributed by atoms with Crippen molar-refractivity contribution in [3.05, 3.63) is 0 Å². The molecule has 0 amide bonds. The van der Waals surface area contributed by atoms with Crippen LogP contribution in [0.2, 0.25) is 0 Å². The second-order valence-corrected chi connectivity index (χ2v) is 8.75. The number of rotatable bonds is 5. The molecular weight excluding hydrogens is 351 g/mol. The lowest BCUT2D eigenvalue weighted by atomic mass is 10.0. The topological polar surface area (TPSA) is 38.8 Å². The SMILES string of the molecule is CC(C)(C)N(C(C)(C)C)P(=O)(OCC(F)(F)F)OCC(F)(F)F. The molecule has 23 heavy (non-hydrogen) atoms. The van der Waals surface area contributed by atoms with Crippen LogP contribution in [0.25, 0.3) is 0 Å². The lowest BCUT2D eigenvalue weighted by molar-refractivity contribution is -0.170. The molecule has 0 N–H and O–H groups in total. The zero-order valence-electron chi connectivity index (χ0n) is 13.8. The molecule has 0 unspecified atom stereocenters. The van der Waals surface area contributed by atoms with Crippen molar-refractivity contribution < 1.29 is 40.0 Å². The third kappa shape index (κ3) is 8.37. The highest BCUT2D eigenvalue weighted by molar-refractivity contribution is 7.51. The van der Waals surface area contributed by atoms with Gasteiger partial charge in [0.15, 0.2) is 13.2 Å². The lowest BCUT2D eigenvalue weighted by Gasteiger charge is -2.47. The molecule has 0 fully saturated rings. The molecule has 0 radical (unpaired) electrons. The molecule has 0 bridgehead atoms. The van der Waals surface area contributed by atoms with E-state index in [0.717, 1.165) is 4.67 Å². The van der Waals surface area contributed by atoms with Gasteiger partial charge >= 0.3 is 20.1 Å². The van der Waals surface area contributed by atoms with Crippen molar-refractivity contribution in [2.24, 2.45) is 0 Å². The van der Waals surface area contributed by atoms with Crippen molar-refractivity contribution in [3.63, 3.8) is 0 Å². The highest BCUT2D eigenvalue weighted by atomic mass is 31.2. The van der Waals surface area contributed by atoms with Gasteiger partial charge in [-0.05, 0) is 41.5 Å².